The zero-order valence-corrected chi connectivity index (χ0v) is 24.5. The van der Waals surface area contributed by atoms with Gasteiger partial charge in [0.15, 0.2) is 0 Å². The summed E-state index contributed by atoms with van der Waals surface area (Å²) in [7, 11) is -3.60. The van der Waals surface area contributed by atoms with Crippen molar-refractivity contribution in [2.24, 2.45) is 0 Å². The van der Waals surface area contributed by atoms with Crippen LogP contribution in [0.15, 0.2) is 42.5 Å². The Labute approximate surface area is 227 Å². The van der Waals surface area contributed by atoms with Gasteiger partial charge in [0.1, 0.15) is 6.04 Å². The van der Waals surface area contributed by atoms with Gasteiger partial charge >= 0.3 is 0 Å². The van der Waals surface area contributed by atoms with Crippen LogP contribution in [0, 0.1) is 13.8 Å². The molecular weight excluding hydrogens is 510 g/mol. The molecule has 2 amide bonds. The molecule has 0 heterocycles. The summed E-state index contributed by atoms with van der Waals surface area (Å²) < 4.78 is 26.5. The summed E-state index contributed by atoms with van der Waals surface area (Å²) in [6, 6.07) is 12.2. The number of nitrogens with zero attached hydrogens (tertiary/aromatic N) is 2. The van der Waals surface area contributed by atoms with Gasteiger partial charge in [-0.2, -0.15) is 0 Å². The maximum Gasteiger partial charge on any atom is 0.243 e. The molecule has 0 spiro atoms. The van der Waals surface area contributed by atoms with Crippen molar-refractivity contribution < 1.29 is 18.0 Å². The fraction of sp³-hybridized carbons (Fsp3) is 0.500. The average Bonchev–Trinajstić information content (AvgIpc) is 2.77. The van der Waals surface area contributed by atoms with Crippen LogP contribution in [0.5, 0.6) is 0 Å². The lowest BCUT2D eigenvalue weighted by Gasteiger charge is -2.33. The largest absolute Gasteiger partial charge is 0.350 e. The molecule has 0 aromatic heterocycles. The van der Waals surface area contributed by atoms with Gasteiger partial charge in [0, 0.05) is 30.1 Å². The Morgan fingerprint density at radius 3 is 2.27 bits per heavy atom. The first-order valence-electron chi connectivity index (χ1n) is 12.5. The molecule has 2 aromatic rings. The molecule has 2 rings (SSSR count). The maximum atomic E-state index is 13.6. The molecule has 1 atom stereocenters. The topological polar surface area (TPSA) is 86.8 Å². The summed E-state index contributed by atoms with van der Waals surface area (Å²) in [5, 5.41) is 3.44. The Bertz CT molecular complexity index is 1210. The molecule has 0 saturated heterocycles. The Morgan fingerprint density at radius 1 is 1.05 bits per heavy atom. The zero-order valence-electron chi connectivity index (χ0n) is 23.0. The summed E-state index contributed by atoms with van der Waals surface area (Å²) in [5.41, 5.74) is 2.82. The van der Waals surface area contributed by atoms with Crippen molar-refractivity contribution in [3.05, 3.63) is 64.2 Å². The second-order valence-electron chi connectivity index (χ2n) is 10.5. The highest BCUT2D eigenvalue weighted by Gasteiger charge is 2.31. The summed E-state index contributed by atoms with van der Waals surface area (Å²) in [4.78, 5) is 28.4. The number of benzene rings is 2. The molecule has 9 heteroatoms. The third-order valence-electron chi connectivity index (χ3n) is 6.08. The Balaban J connectivity index is 2.29. The molecule has 0 aliphatic heterocycles. The van der Waals surface area contributed by atoms with Gasteiger partial charge in [0.2, 0.25) is 21.8 Å². The monoisotopic (exact) mass is 549 g/mol. The molecule has 0 unspecified atom stereocenters. The molecule has 2 aromatic carbocycles. The Kier molecular flexibility index (Phi) is 10.6. The lowest BCUT2D eigenvalue weighted by Crippen LogP contribution is -2.53. The first-order chi connectivity index (χ1) is 17.1. The molecular formula is C28H40ClN3O4S. The van der Waals surface area contributed by atoms with E-state index >= 15 is 0 Å². The van der Waals surface area contributed by atoms with Gasteiger partial charge in [-0.25, -0.2) is 8.42 Å². The average molecular weight is 550 g/mol. The van der Waals surface area contributed by atoms with Gasteiger partial charge < -0.3 is 10.2 Å². The number of sulfonamides is 1. The van der Waals surface area contributed by atoms with Crippen molar-refractivity contribution in [3.63, 3.8) is 0 Å². The molecule has 0 bridgehead atoms. The van der Waals surface area contributed by atoms with Crippen LogP contribution in [0.1, 0.15) is 63.6 Å². The number of hydrogen-bond donors (Lipinski definition) is 1. The van der Waals surface area contributed by atoms with Crippen molar-refractivity contribution in [3.8, 4) is 0 Å². The standard InChI is InChI=1S/C28H40ClN3O4S/c1-8-24(27(34)30-28(4,5)6)31(19-22-13-10-9-12-20(22)2)26(33)14-11-17-32(37(7,35)36)25-18-23(29)16-15-21(25)3/h9-10,12-13,15-16,18,24H,8,11,14,17,19H2,1-7H3,(H,30,34)/t24-/m1/s1. The summed E-state index contributed by atoms with van der Waals surface area (Å²) >= 11 is 6.13. The SMILES string of the molecule is CC[C@H](C(=O)NC(C)(C)C)N(Cc1ccccc1C)C(=O)CCCN(c1cc(Cl)ccc1C)S(C)(=O)=O. The molecule has 37 heavy (non-hydrogen) atoms. The van der Waals surface area contributed by atoms with Crippen LogP contribution >= 0.6 is 11.6 Å². The van der Waals surface area contributed by atoms with Crippen molar-refractivity contribution >= 4 is 39.1 Å². The quantitative estimate of drug-likeness (QED) is 0.416. The molecule has 1 N–H and O–H groups in total. The van der Waals surface area contributed by atoms with Crippen LogP contribution in [0.2, 0.25) is 5.02 Å². The number of carbonyl (C=O) groups is 2. The smallest absolute Gasteiger partial charge is 0.243 e. The molecule has 0 radical (unpaired) electrons. The number of carbonyl (C=O) groups excluding carboxylic acids is 2. The van der Waals surface area contributed by atoms with E-state index in [0.717, 1.165) is 22.9 Å². The van der Waals surface area contributed by atoms with Gasteiger partial charge in [-0.05, 0) is 76.3 Å². The predicted molar refractivity (Wildman–Crippen MR) is 151 cm³/mol. The van der Waals surface area contributed by atoms with Crippen LogP contribution in [0.4, 0.5) is 5.69 Å². The summed E-state index contributed by atoms with van der Waals surface area (Å²) in [6.45, 7) is 11.8. The minimum Gasteiger partial charge on any atom is -0.350 e. The summed E-state index contributed by atoms with van der Waals surface area (Å²) in [6.07, 6.45) is 1.98. The maximum absolute atomic E-state index is 13.6. The highest BCUT2D eigenvalue weighted by Crippen LogP contribution is 2.27. The first-order valence-corrected chi connectivity index (χ1v) is 14.8. The van der Waals surface area contributed by atoms with Gasteiger partial charge in [0.25, 0.3) is 0 Å². The fourth-order valence-electron chi connectivity index (χ4n) is 4.18. The number of nitrogens with one attached hydrogen (secondary N) is 1. The first kappa shape index (κ1) is 30.6. The van der Waals surface area contributed by atoms with Crippen molar-refractivity contribution in [1.29, 1.82) is 0 Å². The van der Waals surface area contributed by atoms with E-state index in [0.29, 0.717) is 30.1 Å². The molecule has 0 saturated carbocycles. The Morgan fingerprint density at radius 2 is 1.70 bits per heavy atom. The fourth-order valence-corrected chi connectivity index (χ4v) is 5.36. The van der Waals surface area contributed by atoms with Gasteiger partial charge in [0.05, 0.1) is 11.9 Å². The van der Waals surface area contributed by atoms with Gasteiger partial charge in [-0.15, -0.1) is 0 Å². The number of halogens is 1. The van der Waals surface area contributed by atoms with E-state index in [1.807, 2.05) is 65.8 Å². The van der Waals surface area contributed by atoms with Crippen LogP contribution < -0.4 is 9.62 Å². The third-order valence-corrected chi connectivity index (χ3v) is 7.49. The zero-order chi connectivity index (χ0) is 28.0. The van der Waals surface area contributed by atoms with E-state index in [-0.39, 0.29) is 24.8 Å². The van der Waals surface area contributed by atoms with Gasteiger partial charge in [-0.1, -0.05) is 48.9 Å². The van der Waals surface area contributed by atoms with E-state index in [2.05, 4.69) is 5.32 Å². The van der Waals surface area contributed by atoms with E-state index in [1.165, 1.54) is 4.31 Å². The van der Waals surface area contributed by atoms with E-state index < -0.39 is 21.6 Å². The summed E-state index contributed by atoms with van der Waals surface area (Å²) in [5.74, 6) is -0.403. The van der Waals surface area contributed by atoms with Crippen LogP contribution in [0.3, 0.4) is 0 Å². The van der Waals surface area contributed by atoms with E-state index in [1.54, 1.807) is 23.1 Å². The highest BCUT2D eigenvalue weighted by atomic mass is 35.5. The predicted octanol–water partition coefficient (Wildman–Crippen LogP) is 5.23. The number of amides is 2. The molecule has 0 aliphatic rings. The molecule has 7 nitrogen and oxygen atoms in total. The highest BCUT2D eigenvalue weighted by molar-refractivity contribution is 7.92. The lowest BCUT2D eigenvalue weighted by atomic mass is 10.0. The third kappa shape index (κ3) is 9.04. The second kappa shape index (κ2) is 12.8. The number of anilines is 1. The van der Waals surface area contributed by atoms with E-state index in [9.17, 15) is 18.0 Å². The molecule has 204 valence electrons. The van der Waals surface area contributed by atoms with E-state index in [4.69, 9.17) is 11.6 Å². The number of aryl methyl sites for hydroxylation is 2. The van der Waals surface area contributed by atoms with Crippen LogP contribution in [-0.2, 0) is 26.2 Å². The minimum absolute atomic E-state index is 0.0941. The second-order valence-corrected chi connectivity index (χ2v) is 12.8. The van der Waals surface area contributed by atoms with Crippen molar-refractivity contribution in [1.82, 2.24) is 10.2 Å². The minimum atomic E-state index is -3.60. The number of rotatable bonds is 11. The normalized spacial score (nSPS) is 12.6. The molecule has 0 fully saturated rings. The molecule has 0 aliphatic carbocycles. The van der Waals surface area contributed by atoms with Gasteiger partial charge in [-0.3, -0.25) is 13.9 Å². The van der Waals surface area contributed by atoms with Crippen LogP contribution in [0.25, 0.3) is 0 Å². The number of hydrogen-bond acceptors (Lipinski definition) is 4. The van der Waals surface area contributed by atoms with Crippen molar-refractivity contribution in [2.45, 2.75) is 78.9 Å². The Hall–Kier alpha value is -2.58. The van der Waals surface area contributed by atoms with Crippen molar-refractivity contribution in [2.75, 3.05) is 17.1 Å². The van der Waals surface area contributed by atoms with Crippen LogP contribution in [-0.4, -0.2) is 49.5 Å². The lowest BCUT2D eigenvalue weighted by molar-refractivity contribution is -0.142.